The fourth-order valence-corrected chi connectivity index (χ4v) is 4.34. The van der Waals surface area contributed by atoms with Crippen molar-refractivity contribution in [3.8, 4) is 5.75 Å². The first kappa shape index (κ1) is 25.6. The van der Waals surface area contributed by atoms with Gasteiger partial charge in [-0.15, -0.1) is 0 Å². The molecule has 176 valence electrons. The average molecular weight is 465 g/mol. The Morgan fingerprint density at radius 2 is 1.69 bits per heavy atom. The molecule has 2 rings (SSSR count). The molecular weight excluding hydrogens is 432 g/mol. The van der Waals surface area contributed by atoms with E-state index < -0.39 is 22.2 Å². The van der Waals surface area contributed by atoms with Crippen LogP contribution in [0.25, 0.3) is 0 Å². The Morgan fingerprint density at radius 1 is 1.06 bits per heavy atom. The van der Waals surface area contributed by atoms with Crippen molar-refractivity contribution in [1.82, 2.24) is 4.90 Å². The fraction of sp³-hybridized carbons (Fsp3) is 0.435. The average Bonchev–Trinajstić information content (AvgIpc) is 2.78. The molecule has 0 bridgehead atoms. The van der Waals surface area contributed by atoms with E-state index in [1.165, 1.54) is 26.3 Å². The Morgan fingerprint density at radius 3 is 2.25 bits per heavy atom. The van der Waals surface area contributed by atoms with Gasteiger partial charge in [0.2, 0.25) is 0 Å². The number of anilines is 1. The summed E-state index contributed by atoms with van der Waals surface area (Å²) < 4.78 is 43.3. The highest BCUT2D eigenvalue weighted by molar-refractivity contribution is 7.92. The number of hydrogen-bond acceptors (Lipinski definition) is 7. The van der Waals surface area contributed by atoms with Gasteiger partial charge in [0.15, 0.2) is 13.0 Å². The lowest BCUT2D eigenvalue weighted by Crippen LogP contribution is -2.36. The van der Waals surface area contributed by atoms with E-state index in [0.717, 1.165) is 23.0 Å². The van der Waals surface area contributed by atoms with Crippen molar-refractivity contribution < 1.29 is 27.4 Å². The third-order valence-corrected chi connectivity index (χ3v) is 6.96. The van der Waals surface area contributed by atoms with Gasteiger partial charge in [-0.2, -0.15) is 0 Å². The highest BCUT2D eigenvalue weighted by Gasteiger charge is 2.25. The molecule has 0 N–H and O–H groups in total. The van der Waals surface area contributed by atoms with Crippen LogP contribution in [0.3, 0.4) is 0 Å². The second-order valence-corrected chi connectivity index (χ2v) is 9.21. The van der Waals surface area contributed by atoms with E-state index >= 15 is 0 Å². The molecule has 0 aliphatic rings. The van der Waals surface area contributed by atoms with Crippen LogP contribution >= 0.6 is 0 Å². The van der Waals surface area contributed by atoms with E-state index in [1.54, 1.807) is 37.3 Å². The molecule has 2 aromatic carbocycles. The number of carbonyl (C=O) groups excluding carboxylic acids is 1. The molecule has 0 aliphatic heterocycles. The normalized spacial score (nSPS) is 12.5. The summed E-state index contributed by atoms with van der Waals surface area (Å²) in [6.45, 7) is 9.02. The van der Waals surface area contributed by atoms with Crippen LogP contribution in [-0.4, -0.2) is 59.6 Å². The molecule has 0 saturated carbocycles. The summed E-state index contributed by atoms with van der Waals surface area (Å²) in [4.78, 5) is 15.0. The molecule has 0 aromatic heterocycles. The minimum absolute atomic E-state index is 0.107. The number of methoxy groups -OCH3 is 1. The zero-order valence-corrected chi connectivity index (χ0v) is 20.3. The molecule has 9 heteroatoms. The van der Waals surface area contributed by atoms with Gasteiger partial charge in [0, 0.05) is 20.2 Å². The number of rotatable bonds is 11. The van der Waals surface area contributed by atoms with Gasteiger partial charge in [-0.1, -0.05) is 31.5 Å². The summed E-state index contributed by atoms with van der Waals surface area (Å²) in [5.74, 6) is -0.391. The summed E-state index contributed by atoms with van der Waals surface area (Å²) in [6, 6.07) is 11.1. The summed E-state index contributed by atoms with van der Waals surface area (Å²) in [5, 5.41) is 0. The zero-order chi connectivity index (χ0) is 23.9. The van der Waals surface area contributed by atoms with Gasteiger partial charge < -0.3 is 14.2 Å². The highest BCUT2D eigenvalue weighted by Crippen LogP contribution is 2.30. The smallest absolute Gasteiger partial charge is 0.343 e. The lowest BCUT2D eigenvalue weighted by Gasteiger charge is -2.26. The number of hydrogen-bond donors (Lipinski definition) is 0. The van der Waals surface area contributed by atoms with Crippen LogP contribution < -0.4 is 9.04 Å². The summed E-state index contributed by atoms with van der Waals surface area (Å²) in [5.41, 5.74) is 1.49. The monoisotopic (exact) mass is 464 g/mol. The molecule has 1 unspecified atom stereocenters. The lowest BCUT2D eigenvalue weighted by molar-refractivity contribution is -0.0204. The Kier molecular flexibility index (Phi) is 9.06. The van der Waals surface area contributed by atoms with Crippen LogP contribution in [-0.2, 0) is 19.5 Å². The van der Waals surface area contributed by atoms with Gasteiger partial charge in [0.25, 0.3) is 10.0 Å². The van der Waals surface area contributed by atoms with Gasteiger partial charge in [-0.25, -0.2) is 13.2 Å². The number of benzene rings is 2. The van der Waals surface area contributed by atoms with E-state index in [9.17, 15) is 13.2 Å². The Balaban J connectivity index is 2.36. The molecule has 32 heavy (non-hydrogen) atoms. The number of nitrogens with zero attached hydrogens (tertiary/aromatic N) is 2. The summed E-state index contributed by atoms with van der Waals surface area (Å²) >= 11 is 0. The van der Waals surface area contributed by atoms with Crippen LogP contribution in [0.2, 0.25) is 0 Å². The SMILES string of the molecule is CCN(CC)C(C)OC(=O)c1ccc(N(C)S(=O)(=O)c2ccc(C)cc2)cc1OCOC. The predicted octanol–water partition coefficient (Wildman–Crippen LogP) is 3.65. The number of sulfonamides is 1. The molecule has 8 nitrogen and oxygen atoms in total. The van der Waals surface area contributed by atoms with Gasteiger partial charge >= 0.3 is 5.97 Å². The first-order chi connectivity index (χ1) is 15.1. The van der Waals surface area contributed by atoms with Crippen molar-refractivity contribution >= 4 is 21.7 Å². The molecule has 0 aliphatic carbocycles. The van der Waals surface area contributed by atoms with Crippen molar-refractivity contribution in [2.24, 2.45) is 0 Å². The molecular formula is C23H32N2O6S. The van der Waals surface area contributed by atoms with Crippen molar-refractivity contribution in [2.75, 3.05) is 38.3 Å². The molecule has 0 fully saturated rings. The Hall–Kier alpha value is -2.62. The molecule has 0 amide bonds. The van der Waals surface area contributed by atoms with Crippen LogP contribution in [0.1, 0.15) is 36.7 Å². The standard InChI is InChI=1S/C23H32N2O6S/c1-7-25(8-2)18(4)31-23(26)21-14-11-19(15-22(21)30-16-29-6)24(5)32(27,28)20-12-9-17(3)10-13-20/h9-15,18H,7-8,16H2,1-6H3. The van der Waals surface area contributed by atoms with Gasteiger partial charge in [-0.3, -0.25) is 9.21 Å². The molecule has 0 radical (unpaired) electrons. The van der Waals surface area contributed by atoms with Crippen LogP contribution in [0, 0.1) is 6.92 Å². The van der Waals surface area contributed by atoms with E-state index in [-0.39, 0.29) is 23.0 Å². The van der Waals surface area contributed by atoms with Crippen LogP contribution in [0.5, 0.6) is 5.75 Å². The number of carbonyl (C=O) groups is 1. The van der Waals surface area contributed by atoms with E-state index in [0.29, 0.717) is 5.69 Å². The van der Waals surface area contributed by atoms with Crippen LogP contribution in [0.15, 0.2) is 47.4 Å². The number of aryl methyl sites for hydroxylation is 1. The second kappa shape index (κ2) is 11.3. The molecule has 2 aromatic rings. The Labute approximate surface area is 190 Å². The number of ether oxygens (including phenoxy) is 3. The lowest BCUT2D eigenvalue weighted by atomic mass is 10.2. The Bertz CT molecular complexity index is 1000. The maximum absolute atomic E-state index is 13.0. The van der Waals surface area contributed by atoms with Crippen molar-refractivity contribution in [2.45, 2.75) is 38.8 Å². The fourth-order valence-electron chi connectivity index (χ4n) is 3.16. The molecule has 0 spiro atoms. The first-order valence-corrected chi connectivity index (χ1v) is 11.9. The van der Waals surface area contributed by atoms with Gasteiger partial charge in [0.05, 0.1) is 10.6 Å². The van der Waals surface area contributed by atoms with E-state index in [4.69, 9.17) is 14.2 Å². The molecule has 0 heterocycles. The number of esters is 1. The topological polar surface area (TPSA) is 85.4 Å². The molecule has 1 atom stereocenters. The van der Waals surface area contributed by atoms with Gasteiger partial charge in [-0.05, 0) is 51.2 Å². The summed E-state index contributed by atoms with van der Waals surface area (Å²) in [7, 11) is -0.886. The zero-order valence-electron chi connectivity index (χ0n) is 19.5. The summed E-state index contributed by atoms with van der Waals surface area (Å²) in [6.07, 6.45) is -0.419. The van der Waals surface area contributed by atoms with Crippen molar-refractivity contribution in [3.05, 3.63) is 53.6 Å². The quantitative estimate of drug-likeness (QED) is 0.371. The minimum atomic E-state index is -3.79. The maximum atomic E-state index is 13.0. The second-order valence-electron chi connectivity index (χ2n) is 7.24. The molecule has 0 saturated heterocycles. The highest BCUT2D eigenvalue weighted by atomic mass is 32.2. The third kappa shape index (κ3) is 5.99. The van der Waals surface area contributed by atoms with Gasteiger partial charge in [0.1, 0.15) is 11.3 Å². The third-order valence-electron chi connectivity index (χ3n) is 5.16. The van der Waals surface area contributed by atoms with E-state index in [2.05, 4.69) is 0 Å². The first-order valence-electron chi connectivity index (χ1n) is 10.4. The van der Waals surface area contributed by atoms with Crippen molar-refractivity contribution in [1.29, 1.82) is 0 Å². The maximum Gasteiger partial charge on any atom is 0.343 e. The predicted molar refractivity (Wildman–Crippen MR) is 124 cm³/mol. The largest absolute Gasteiger partial charge is 0.467 e. The van der Waals surface area contributed by atoms with E-state index in [1.807, 2.05) is 25.7 Å². The van der Waals surface area contributed by atoms with Crippen molar-refractivity contribution in [3.63, 3.8) is 0 Å². The van der Waals surface area contributed by atoms with Crippen LogP contribution in [0.4, 0.5) is 5.69 Å². The minimum Gasteiger partial charge on any atom is -0.467 e.